The number of amides is 1. The van der Waals surface area contributed by atoms with Gasteiger partial charge in [0.2, 0.25) is 5.91 Å². The molecule has 2 fully saturated rings. The van der Waals surface area contributed by atoms with Crippen LogP contribution in [0.25, 0.3) is 0 Å². The number of carbonyl (C=O) groups excluding carboxylic acids is 1. The molecule has 1 heterocycles. The summed E-state index contributed by atoms with van der Waals surface area (Å²) in [5.41, 5.74) is 1.39. The molecule has 1 amide bonds. The average Bonchev–Trinajstić information content (AvgIpc) is 3.16. The Morgan fingerprint density at radius 3 is 2.80 bits per heavy atom. The third kappa shape index (κ3) is 2.90. The topological polar surface area (TPSA) is 52.6 Å². The Bertz CT molecular complexity index is 537. The SMILES string of the molecule is Cc1cc(NC(=O)CN2CC(O)(C3CC3)C2)ccc1Br. The molecule has 108 valence electrons. The Morgan fingerprint density at radius 2 is 2.20 bits per heavy atom. The highest BCUT2D eigenvalue weighted by Gasteiger charge is 2.51. The molecular formula is C15H19BrN2O2. The van der Waals surface area contributed by atoms with Gasteiger partial charge in [-0.2, -0.15) is 0 Å². The maximum absolute atomic E-state index is 12.0. The van der Waals surface area contributed by atoms with Crippen molar-refractivity contribution >= 4 is 27.5 Å². The first-order chi connectivity index (χ1) is 9.46. The second kappa shape index (κ2) is 5.13. The van der Waals surface area contributed by atoms with Gasteiger partial charge < -0.3 is 10.4 Å². The molecule has 0 aromatic heterocycles. The van der Waals surface area contributed by atoms with E-state index in [-0.39, 0.29) is 5.91 Å². The minimum atomic E-state index is -0.519. The van der Waals surface area contributed by atoms with Gasteiger partial charge in [0.15, 0.2) is 0 Å². The first-order valence-corrected chi connectivity index (χ1v) is 7.76. The van der Waals surface area contributed by atoms with Crippen molar-refractivity contribution in [3.8, 4) is 0 Å². The fourth-order valence-corrected chi connectivity index (χ4v) is 3.09. The Morgan fingerprint density at radius 1 is 1.50 bits per heavy atom. The van der Waals surface area contributed by atoms with Gasteiger partial charge >= 0.3 is 0 Å². The third-order valence-electron chi connectivity index (χ3n) is 4.14. The molecule has 2 aliphatic rings. The highest BCUT2D eigenvalue weighted by Crippen LogP contribution is 2.44. The molecule has 4 nitrogen and oxygen atoms in total. The van der Waals surface area contributed by atoms with Crippen LogP contribution in [0.1, 0.15) is 18.4 Å². The molecule has 1 aromatic carbocycles. The van der Waals surface area contributed by atoms with Gasteiger partial charge in [0.05, 0.1) is 12.1 Å². The molecule has 0 spiro atoms. The maximum atomic E-state index is 12.0. The van der Waals surface area contributed by atoms with Crippen molar-refractivity contribution in [1.82, 2.24) is 4.90 Å². The van der Waals surface area contributed by atoms with Gasteiger partial charge in [0, 0.05) is 23.2 Å². The largest absolute Gasteiger partial charge is 0.387 e. The summed E-state index contributed by atoms with van der Waals surface area (Å²) in [6.07, 6.45) is 2.27. The van der Waals surface area contributed by atoms with E-state index in [1.54, 1.807) is 0 Å². The second-order valence-corrected chi connectivity index (χ2v) is 6.89. The number of hydrogen-bond donors (Lipinski definition) is 2. The second-order valence-electron chi connectivity index (χ2n) is 6.04. The summed E-state index contributed by atoms with van der Waals surface area (Å²) in [7, 11) is 0. The van der Waals surface area contributed by atoms with Crippen molar-refractivity contribution in [2.24, 2.45) is 5.92 Å². The van der Waals surface area contributed by atoms with Crippen LogP contribution >= 0.6 is 15.9 Å². The average molecular weight is 339 g/mol. The van der Waals surface area contributed by atoms with E-state index in [0.29, 0.717) is 25.6 Å². The van der Waals surface area contributed by atoms with Crippen LogP contribution in [0.4, 0.5) is 5.69 Å². The summed E-state index contributed by atoms with van der Waals surface area (Å²) in [6.45, 7) is 3.60. The van der Waals surface area contributed by atoms with Crippen molar-refractivity contribution in [3.05, 3.63) is 28.2 Å². The number of β-amino-alcohol motifs (C(OH)–C–C–N with tert-alkyl or cyclic N) is 1. The van der Waals surface area contributed by atoms with Crippen molar-refractivity contribution in [1.29, 1.82) is 0 Å². The number of aliphatic hydroxyl groups is 1. The lowest BCUT2D eigenvalue weighted by molar-refractivity contribution is -0.132. The minimum Gasteiger partial charge on any atom is -0.387 e. The summed E-state index contributed by atoms with van der Waals surface area (Å²) < 4.78 is 1.03. The standard InChI is InChI=1S/C15H19BrN2O2/c1-10-6-12(4-5-13(10)16)17-14(19)7-18-8-15(20,9-18)11-2-3-11/h4-6,11,20H,2-3,7-9H2,1H3,(H,17,19). The number of rotatable bonds is 4. The number of carbonyl (C=O) groups is 1. The summed E-state index contributed by atoms with van der Waals surface area (Å²) in [5, 5.41) is 13.1. The normalized spacial score (nSPS) is 21.4. The van der Waals surface area contributed by atoms with E-state index in [4.69, 9.17) is 0 Å². The number of halogens is 1. The van der Waals surface area contributed by atoms with Gasteiger partial charge in [-0.05, 0) is 49.4 Å². The first kappa shape index (κ1) is 14.0. The Kier molecular flexibility index (Phi) is 3.60. The number of nitrogens with zero attached hydrogens (tertiary/aromatic N) is 1. The number of likely N-dealkylation sites (tertiary alicyclic amines) is 1. The molecule has 1 saturated heterocycles. The zero-order chi connectivity index (χ0) is 14.3. The maximum Gasteiger partial charge on any atom is 0.238 e. The zero-order valence-corrected chi connectivity index (χ0v) is 13.1. The number of hydrogen-bond acceptors (Lipinski definition) is 3. The number of aryl methyl sites for hydroxylation is 1. The fraction of sp³-hybridized carbons (Fsp3) is 0.533. The van der Waals surface area contributed by atoms with Gasteiger partial charge in [-0.25, -0.2) is 0 Å². The monoisotopic (exact) mass is 338 g/mol. The molecule has 2 N–H and O–H groups in total. The summed E-state index contributed by atoms with van der Waals surface area (Å²) in [6, 6.07) is 5.75. The molecule has 0 bridgehead atoms. The highest BCUT2D eigenvalue weighted by molar-refractivity contribution is 9.10. The van der Waals surface area contributed by atoms with Crippen LogP contribution in [0.5, 0.6) is 0 Å². The van der Waals surface area contributed by atoms with Crippen LogP contribution in [-0.4, -0.2) is 41.1 Å². The predicted molar refractivity (Wildman–Crippen MR) is 81.6 cm³/mol. The van der Waals surface area contributed by atoms with Gasteiger partial charge in [0.1, 0.15) is 0 Å². The lowest BCUT2D eigenvalue weighted by Crippen LogP contribution is -2.64. The molecular weight excluding hydrogens is 320 g/mol. The number of nitrogens with one attached hydrogen (secondary N) is 1. The van der Waals surface area contributed by atoms with Gasteiger partial charge in [-0.3, -0.25) is 9.69 Å². The Labute approximate surface area is 127 Å². The molecule has 1 aromatic rings. The van der Waals surface area contributed by atoms with Crippen molar-refractivity contribution in [2.45, 2.75) is 25.4 Å². The fourth-order valence-electron chi connectivity index (χ4n) is 2.84. The van der Waals surface area contributed by atoms with E-state index in [0.717, 1.165) is 28.6 Å². The van der Waals surface area contributed by atoms with E-state index in [1.807, 2.05) is 30.0 Å². The van der Waals surface area contributed by atoms with E-state index in [9.17, 15) is 9.90 Å². The summed E-state index contributed by atoms with van der Waals surface area (Å²) in [4.78, 5) is 14.0. The Balaban J connectivity index is 1.49. The molecule has 1 aliphatic carbocycles. The van der Waals surface area contributed by atoms with Gasteiger partial charge in [-0.15, -0.1) is 0 Å². The van der Waals surface area contributed by atoms with E-state index in [1.165, 1.54) is 0 Å². The smallest absolute Gasteiger partial charge is 0.238 e. The van der Waals surface area contributed by atoms with Crippen LogP contribution in [0.2, 0.25) is 0 Å². The molecule has 5 heteroatoms. The number of anilines is 1. The Hall–Kier alpha value is -0.910. The molecule has 0 radical (unpaired) electrons. The first-order valence-electron chi connectivity index (χ1n) is 6.97. The van der Waals surface area contributed by atoms with E-state index >= 15 is 0 Å². The third-order valence-corrected chi connectivity index (χ3v) is 5.03. The molecule has 20 heavy (non-hydrogen) atoms. The van der Waals surface area contributed by atoms with Crippen LogP contribution in [0.15, 0.2) is 22.7 Å². The lowest BCUT2D eigenvalue weighted by Gasteiger charge is -2.46. The molecule has 0 atom stereocenters. The zero-order valence-electron chi connectivity index (χ0n) is 11.5. The molecule has 1 saturated carbocycles. The summed E-state index contributed by atoms with van der Waals surface area (Å²) in [5.74, 6) is 0.445. The van der Waals surface area contributed by atoms with Crippen LogP contribution in [0.3, 0.4) is 0 Å². The van der Waals surface area contributed by atoms with Gasteiger partial charge in [0.25, 0.3) is 0 Å². The van der Waals surface area contributed by atoms with Crippen LogP contribution in [-0.2, 0) is 4.79 Å². The highest BCUT2D eigenvalue weighted by atomic mass is 79.9. The van der Waals surface area contributed by atoms with E-state index in [2.05, 4.69) is 21.2 Å². The molecule has 0 unspecified atom stereocenters. The van der Waals surface area contributed by atoms with Crippen molar-refractivity contribution < 1.29 is 9.90 Å². The van der Waals surface area contributed by atoms with Crippen LogP contribution < -0.4 is 5.32 Å². The summed E-state index contributed by atoms with van der Waals surface area (Å²) >= 11 is 3.44. The van der Waals surface area contributed by atoms with Gasteiger partial charge in [-0.1, -0.05) is 15.9 Å². The molecule has 1 aliphatic heterocycles. The predicted octanol–water partition coefficient (Wildman–Crippen LogP) is 2.15. The van der Waals surface area contributed by atoms with E-state index < -0.39 is 5.60 Å². The molecule has 3 rings (SSSR count). The van der Waals surface area contributed by atoms with Crippen LogP contribution in [0, 0.1) is 12.8 Å². The lowest BCUT2D eigenvalue weighted by atomic mass is 9.89. The minimum absolute atomic E-state index is 0.0235. The quantitative estimate of drug-likeness (QED) is 0.884. The number of benzene rings is 1. The van der Waals surface area contributed by atoms with Crippen molar-refractivity contribution in [3.63, 3.8) is 0 Å². The van der Waals surface area contributed by atoms with Crippen molar-refractivity contribution in [2.75, 3.05) is 25.0 Å².